The minimum Gasteiger partial charge on any atom is -0.354 e. The molecule has 0 bridgehead atoms. The summed E-state index contributed by atoms with van der Waals surface area (Å²) < 4.78 is 28.7. The van der Waals surface area contributed by atoms with Gasteiger partial charge >= 0.3 is 0 Å². The van der Waals surface area contributed by atoms with Gasteiger partial charge in [0.15, 0.2) is 0 Å². The van der Waals surface area contributed by atoms with Crippen LogP contribution in [0.25, 0.3) is 0 Å². The second-order valence-corrected chi connectivity index (χ2v) is 12.0. The van der Waals surface area contributed by atoms with Gasteiger partial charge in [-0.2, -0.15) is 0 Å². The van der Waals surface area contributed by atoms with Crippen LogP contribution in [0.3, 0.4) is 0 Å². The van der Waals surface area contributed by atoms with Crippen LogP contribution in [-0.2, 0) is 26.2 Å². The number of aryl methyl sites for hydroxylation is 2. The Bertz CT molecular complexity index is 1430. The number of sulfonamides is 1. The van der Waals surface area contributed by atoms with Crippen molar-refractivity contribution in [2.75, 3.05) is 17.4 Å². The molecule has 3 aromatic rings. The lowest BCUT2D eigenvalue weighted by Crippen LogP contribution is -2.51. The summed E-state index contributed by atoms with van der Waals surface area (Å²) in [6, 6.07) is 17.4. The molecule has 0 saturated carbocycles. The van der Waals surface area contributed by atoms with Gasteiger partial charge in [-0.25, -0.2) is 8.42 Å². The summed E-state index contributed by atoms with van der Waals surface area (Å²) in [5, 5.41) is 3.23. The van der Waals surface area contributed by atoms with Crippen LogP contribution >= 0.6 is 23.2 Å². The molecule has 0 unspecified atom stereocenters. The molecule has 0 radical (unpaired) electrons. The highest BCUT2D eigenvalue weighted by Gasteiger charge is 2.32. The van der Waals surface area contributed by atoms with E-state index in [4.69, 9.17) is 23.2 Å². The second kappa shape index (κ2) is 13.3. The Hall–Kier alpha value is -3.07. The molecule has 0 heterocycles. The van der Waals surface area contributed by atoms with Crippen molar-refractivity contribution in [3.63, 3.8) is 0 Å². The number of halogens is 2. The molecule has 0 spiro atoms. The number of amides is 2. The number of nitrogens with one attached hydrogen (secondary N) is 1. The van der Waals surface area contributed by atoms with Crippen LogP contribution in [0.5, 0.6) is 0 Å². The van der Waals surface area contributed by atoms with Crippen molar-refractivity contribution in [3.8, 4) is 0 Å². The summed E-state index contributed by atoms with van der Waals surface area (Å²) in [7, 11) is -4.19. The number of nitrogens with zero attached hydrogens (tertiary/aromatic N) is 2. The Morgan fingerprint density at radius 2 is 1.62 bits per heavy atom. The molecular formula is C29H33Cl2N3O4S. The fourth-order valence-corrected chi connectivity index (χ4v) is 5.65. The van der Waals surface area contributed by atoms with Crippen LogP contribution in [-0.4, -0.2) is 44.3 Å². The molecule has 3 aromatic carbocycles. The van der Waals surface area contributed by atoms with Gasteiger partial charge in [-0.1, -0.05) is 72.1 Å². The Balaban J connectivity index is 2.05. The van der Waals surface area contributed by atoms with E-state index in [9.17, 15) is 18.0 Å². The first kappa shape index (κ1) is 30.5. The third-order valence-corrected chi connectivity index (χ3v) is 8.92. The van der Waals surface area contributed by atoms with Gasteiger partial charge in [-0.05, 0) is 68.7 Å². The number of benzene rings is 3. The van der Waals surface area contributed by atoms with E-state index >= 15 is 0 Å². The SMILES string of the molecule is CCCNC(=O)[C@H](C)N(Cc1ccccc1C)C(=O)CN(c1ccc(Cl)c(Cl)c1)S(=O)(=O)c1ccc(C)cc1. The number of carbonyl (C=O) groups excluding carboxylic acids is 2. The maximum atomic E-state index is 13.9. The largest absolute Gasteiger partial charge is 0.354 e. The lowest BCUT2D eigenvalue weighted by Gasteiger charge is -2.32. The predicted octanol–water partition coefficient (Wildman–Crippen LogP) is 5.75. The van der Waals surface area contributed by atoms with E-state index in [1.54, 1.807) is 19.1 Å². The zero-order chi connectivity index (χ0) is 28.7. The van der Waals surface area contributed by atoms with Gasteiger partial charge in [0.1, 0.15) is 12.6 Å². The first-order valence-electron chi connectivity index (χ1n) is 12.6. The average molecular weight is 591 g/mol. The lowest BCUT2D eigenvalue weighted by atomic mass is 10.1. The van der Waals surface area contributed by atoms with Gasteiger partial charge in [-0.3, -0.25) is 13.9 Å². The van der Waals surface area contributed by atoms with Gasteiger partial charge in [0.25, 0.3) is 10.0 Å². The smallest absolute Gasteiger partial charge is 0.264 e. The molecule has 208 valence electrons. The molecule has 10 heteroatoms. The predicted molar refractivity (Wildman–Crippen MR) is 157 cm³/mol. The molecule has 0 aromatic heterocycles. The van der Waals surface area contributed by atoms with Crippen LogP contribution in [0.1, 0.15) is 37.0 Å². The number of carbonyl (C=O) groups is 2. The van der Waals surface area contributed by atoms with Crippen LogP contribution in [0.4, 0.5) is 5.69 Å². The molecule has 0 fully saturated rings. The van der Waals surface area contributed by atoms with E-state index in [0.29, 0.717) is 6.54 Å². The third-order valence-electron chi connectivity index (χ3n) is 6.40. The van der Waals surface area contributed by atoms with Crippen molar-refractivity contribution in [2.24, 2.45) is 0 Å². The van der Waals surface area contributed by atoms with Crippen molar-refractivity contribution in [3.05, 3.63) is 93.5 Å². The Morgan fingerprint density at radius 3 is 2.23 bits per heavy atom. The molecule has 39 heavy (non-hydrogen) atoms. The zero-order valence-electron chi connectivity index (χ0n) is 22.4. The molecule has 1 N–H and O–H groups in total. The Labute approximate surface area is 240 Å². The number of rotatable bonds is 11. The van der Waals surface area contributed by atoms with Crippen LogP contribution in [0.15, 0.2) is 71.6 Å². The standard InChI is InChI=1S/C29H33Cl2N3O4S/c1-5-16-32-29(36)22(4)33(18-23-9-7-6-8-21(23)3)28(35)19-34(24-12-15-26(30)27(31)17-24)39(37,38)25-13-10-20(2)11-14-25/h6-15,17,22H,5,16,18-19H2,1-4H3,(H,32,36)/t22-/m0/s1. The van der Waals surface area contributed by atoms with Crippen LogP contribution in [0.2, 0.25) is 10.0 Å². The number of hydrogen-bond donors (Lipinski definition) is 1. The summed E-state index contributed by atoms with van der Waals surface area (Å²) in [6.07, 6.45) is 0.740. The van der Waals surface area contributed by atoms with Crippen molar-refractivity contribution in [1.82, 2.24) is 10.2 Å². The summed E-state index contributed by atoms with van der Waals surface area (Å²) in [5.74, 6) is -0.861. The monoisotopic (exact) mass is 589 g/mol. The van der Waals surface area contributed by atoms with E-state index < -0.39 is 28.5 Å². The molecule has 0 aliphatic rings. The van der Waals surface area contributed by atoms with Crippen molar-refractivity contribution in [1.29, 1.82) is 0 Å². The zero-order valence-corrected chi connectivity index (χ0v) is 24.8. The molecule has 0 aliphatic carbocycles. The maximum Gasteiger partial charge on any atom is 0.264 e. The van der Waals surface area contributed by atoms with Crippen LogP contribution < -0.4 is 9.62 Å². The molecule has 1 atom stereocenters. The highest BCUT2D eigenvalue weighted by atomic mass is 35.5. The molecule has 3 rings (SSSR count). The maximum absolute atomic E-state index is 13.9. The van der Waals surface area contributed by atoms with Gasteiger partial charge in [0.2, 0.25) is 11.8 Å². The fraction of sp³-hybridized carbons (Fsp3) is 0.310. The van der Waals surface area contributed by atoms with Crippen molar-refractivity contribution in [2.45, 2.75) is 51.6 Å². The van der Waals surface area contributed by atoms with Gasteiger partial charge in [0.05, 0.1) is 20.6 Å². The quantitative estimate of drug-likeness (QED) is 0.308. The summed E-state index contributed by atoms with van der Waals surface area (Å²) in [4.78, 5) is 28.3. The summed E-state index contributed by atoms with van der Waals surface area (Å²) in [5.41, 5.74) is 2.87. The number of hydrogen-bond acceptors (Lipinski definition) is 4. The Morgan fingerprint density at radius 1 is 0.949 bits per heavy atom. The van der Waals surface area contributed by atoms with Gasteiger partial charge in [-0.15, -0.1) is 0 Å². The van der Waals surface area contributed by atoms with Crippen molar-refractivity contribution < 1.29 is 18.0 Å². The van der Waals surface area contributed by atoms with Crippen molar-refractivity contribution >= 4 is 50.7 Å². The summed E-state index contributed by atoms with van der Waals surface area (Å²) >= 11 is 12.3. The normalized spacial score (nSPS) is 12.1. The first-order valence-corrected chi connectivity index (χ1v) is 14.8. The first-order chi connectivity index (χ1) is 18.4. The van der Waals surface area contributed by atoms with Crippen LogP contribution in [0, 0.1) is 13.8 Å². The fourth-order valence-electron chi connectivity index (χ4n) is 3.96. The number of anilines is 1. The van der Waals surface area contributed by atoms with E-state index in [2.05, 4.69) is 5.32 Å². The van der Waals surface area contributed by atoms with Gasteiger partial charge < -0.3 is 10.2 Å². The average Bonchev–Trinajstić information content (AvgIpc) is 2.91. The molecule has 0 saturated heterocycles. The topological polar surface area (TPSA) is 86.8 Å². The molecule has 7 nitrogen and oxygen atoms in total. The Kier molecular flexibility index (Phi) is 10.4. The minimum atomic E-state index is -4.19. The minimum absolute atomic E-state index is 0.0196. The van der Waals surface area contributed by atoms with E-state index in [1.807, 2.05) is 45.0 Å². The van der Waals surface area contributed by atoms with E-state index in [1.165, 1.54) is 35.2 Å². The van der Waals surface area contributed by atoms with Gasteiger partial charge in [0, 0.05) is 13.1 Å². The molecular weight excluding hydrogens is 557 g/mol. The second-order valence-electron chi connectivity index (χ2n) is 9.34. The van der Waals surface area contributed by atoms with E-state index in [0.717, 1.165) is 27.4 Å². The molecule has 0 aliphatic heterocycles. The third kappa shape index (κ3) is 7.53. The van der Waals surface area contributed by atoms with E-state index in [-0.39, 0.29) is 33.1 Å². The lowest BCUT2D eigenvalue weighted by molar-refractivity contribution is -0.139. The molecule has 2 amide bonds. The highest BCUT2D eigenvalue weighted by molar-refractivity contribution is 7.92. The highest BCUT2D eigenvalue weighted by Crippen LogP contribution is 2.31. The summed E-state index contributed by atoms with van der Waals surface area (Å²) in [6.45, 7) is 7.39.